The molecule has 11 heteroatoms. The Kier molecular flexibility index (Phi) is 5.10. The molecule has 146 valence electrons. The molecule has 2 heterocycles. The first-order valence-electron chi connectivity index (χ1n) is 8.08. The third kappa shape index (κ3) is 4.41. The van der Waals surface area contributed by atoms with Crippen LogP contribution in [0.2, 0.25) is 0 Å². The number of likely N-dealkylation sites (tertiary alicyclic amines) is 1. The molecule has 0 saturated carbocycles. The summed E-state index contributed by atoms with van der Waals surface area (Å²) in [6.07, 6.45) is -4.46. The topological polar surface area (TPSA) is 83.5 Å². The number of urea groups is 1. The normalized spacial score (nSPS) is 19.6. The van der Waals surface area contributed by atoms with E-state index in [1.807, 2.05) is 0 Å². The molecule has 2 aliphatic heterocycles. The molecule has 3 rings (SSSR count). The molecule has 2 aliphatic rings. The molecule has 27 heavy (non-hydrogen) atoms. The van der Waals surface area contributed by atoms with Gasteiger partial charge in [-0.25, -0.2) is 4.79 Å². The molecule has 1 atom stereocenters. The van der Waals surface area contributed by atoms with E-state index in [0.717, 1.165) is 12.1 Å². The summed E-state index contributed by atoms with van der Waals surface area (Å²) in [6, 6.07) is 4.02. The van der Waals surface area contributed by atoms with Crippen LogP contribution >= 0.6 is 0 Å². The fourth-order valence-corrected chi connectivity index (χ4v) is 2.88. The van der Waals surface area contributed by atoms with Crippen LogP contribution in [0.1, 0.15) is 6.42 Å². The summed E-state index contributed by atoms with van der Waals surface area (Å²) in [5, 5.41) is 6.36. The number of anilines is 1. The lowest BCUT2D eigenvalue weighted by Gasteiger charge is -2.32. The van der Waals surface area contributed by atoms with Gasteiger partial charge >= 0.3 is 12.4 Å². The molecule has 0 radical (unpaired) electrons. The van der Waals surface area contributed by atoms with Crippen molar-refractivity contribution in [3.05, 3.63) is 24.3 Å². The Morgan fingerprint density at radius 3 is 2.74 bits per heavy atom. The van der Waals surface area contributed by atoms with Crippen molar-refractivity contribution >= 4 is 23.3 Å². The lowest BCUT2D eigenvalue weighted by atomic mass is 10.2. The number of alkyl halides is 3. The third-order valence-corrected chi connectivity index (χ3v) is 4.12. The van der Waals surface area contributed by atoms with Crippen molar-refractivity contribution in [1.29, 1.82) is 0 Å². The zero-order valence-corrected chi connectivity index (χ0v) is 14.3. The molecule has 8 nitrogen and oxygen atoms in total. The van der Waals surface area contributed by atoms with Gasteiger partial charge in [-0.2, -0.15) is 0 Å². The molecule has 0 bridgehead atoms. The standard InChI is InChI=1S/C16H17F3N4O4/c1-26-21-10-8-22(9-10)15(25)20-13-5-6-23(14(13)24)11-3-2-4-12(7-11)27-16(17,18)19/h2-4,7,13H,5-6,8-9H2,1H3,(H,20,25). The highest BCUT2D eigenvalue weighted by molar-refractivity contribution is 6.03. The van der Waals surface area contributed by atoms with Crippen molar-refractivity contribution in [2.75, 3.05) is 31.6 Å². The van der Waals surface area contributed by atoms with E-state index in [9.17, 15) is 22.8 Å². The number of benzene rings is 1. The first-order chi connectivity index (χ1) is 12.8. The Morgan fingerprint density at radius 1 is 1.33 bits per heavy atom. The monoisotopic (exact) mass is 386 g/mol. The highest BCUT2D eigenvalue weighted by Crippen LogP contribution is 2.29. The highest BCUT2D eigenvalue weighted by Gasteiger charge is 2.37. The maximum Gasteiger partial charge on any atom is 0.573 e. The van der Waals surface area contributed by atoms with Crippen LogP contribution in [0.5, 0.6) is 5.75 Å². The molecule has 3 amide bonds. The second-order valence-electron chi connectivity index (χ2n) is 6.02. The van der Waals surface area contributed by atoms with Gasteiger partial charge < -0.3 is 24.7 Å². The van der Waals surface area contributed by atoms with Crippen LogP contribution in [0.4, 0.5) is 23.7 Å². The van der Waals surface area contributed by atoms with Gasteiger partial charge in [-0.05, 0) is 18.6 Å². The number of ether oxygens (including phenoxy) is 1. The average molecular weight is 386 g/mol. The van der Waals surface area contributed by atoms with Crippen molar-refractivity contribution in [3.63, 3.8) is 0 Å². The van der Waals surface area contributed by atoms with E-state index < -0.39 is 24.2 Å². The van der Waals surface area contributed by atoms with Gasteiger partial charge in [-0.3, -0.25) is 4.79 Å². The Hall–Kier alpha value is -2.98. The molecule has 0 aliphatic carbocycles. The van der Waals surface area contributed by atoms with Crippen LogP contribution in [0.3, 0.4) is 0 Å². The van der Waals surface area contributed by atoms with Crippen molar-refractivity contribution < 1.29 is 32.3 Å². The zero-order chi connectivity index (χ0) is 19.6. The van der Waals surface area contributed by atoms with Gasteiger partial charge in [0.25, 0.3) is 0 Å². The predicted octanol–water partition coefficient (Wildman–Crippen LogP) is 1.72. The van der Waals surface area contributed by atoms with E-state index in [1.54, 1.807) is 0 Å². The molecule has 1 aromatic carbocycles. The fraction of sp³-hybridized carbons (Fsp3) is 0.438. The Labute approximate surface area is 152 Å². The quantitative estimate of drug-likeness (QED) is 0.799. The number of nitrogens with zero attached hydrogens (tertiary/aromatic N) is 3. The van der Waals surface area contributed by atoms with Crippen molar-refractivity contribution in [2.45, 2.75) is 18.8 Å². The number of halogens is 3. The van der Waals surface area contributed by atoms with E-state index in [1.165, 1.54) is 29.0 Å². The number of oxime groups is 1. The van der Waals surface area contributed by atoms with E-state index in [2.05, 4.69) is 20.0 Å². The number of carbonyl (C=O) groups excluding carboxylic acids is 2. The highest BCUT2D eigenvalue weighted by atomic mass is 19.4. The molecule has 1 unspecified atom stereocenters. The summed E-state index contributed by atoms with van der Waals surface area (Å²) in [5.74, 6) is -0.801. The number of hydrogen-bond donors (Lipinski definition) is 1. The van der Waals surface area contributed by atoms with Gasteiger partial charge in [-0.1, -0.05) is 11.2 Å². The van der Waals surface area contributed by atoms with Crippen LogP contribution in [0.25, 0.3) is 0 Å². The lowest BCUT2D eigenvalue weighted by molar-refractivity contribution is -0.274. The Bertz CT molecular complexity index is 760. The van der Waals surface area contributed by atoms with Crippen LogP contribution in [0.15, 0.2) is 29.4 Å². The van der Waals surface area contributed by atoms with Crippen LogP contribution in [-0.2, 0) is 9.63 Å². The number of amides is 3. The summed E-state index contributed by atoms with van der Waals surface area (Å²) in [6.45, 7) is 0.915. The van der Waals surface area contributed by atoms with Crippen molar-refractivity contribution in [2.24, 2.45) is 5.16 Å². The summed E-state index contributed by atoms with van der Waals surface area (Å²) in [5.41, 5.74) is 0.991. The fourth-order valence-electron chi connectivity index (χ4n) is 2.88. The number of rotatable bonds is 4. The molecule has 1 N–H and O–H groups in total. The maximum atomic E-state index is 12.5. The minimum Gasteiger partial charge on any atom is -0.406 e. The molecule has 1 aromatic rings. The number of nitrogens with one attached hydrogen (secondary N) is 1. The molecule has 0 aromatic heterocycles. The predicted molar refractivity (Wildman–Crippen MR) is 88.4 cm³/mol. The second-order valence-corrected chi connectivity index (χ2v) is 6.02. The minimum atomic E-state index is -4.81. The van der Waals surface area contributed by atoms with E-state index in [-0.39, 0.29) is 18.1 Å². The lowest BCUT2D eigenvalue weighted by Crippen LogP contribution is -2.57. The first-order valence-corrected chi connectivity index (χ1v) is 8.08. The Morgan fingerprint density at radius 2 is 2.07 bits per heavy atom. The maximum absolute atomic E-state index is 12.5. The third-order valence-electron chi connectivity index (χ3n) is 4.12. The van der Waals surface area contributed by atoms with Gasteiger partial charge in [0.15, 0.2) is 0 Å². The van der Waals surface area contributed by atoms with Gasteiger partial charge in [-0.15, -0.1) is 13.2 Å². The van der Waals surface area contributed by atoms with Gasteiger partial charge in [0.05, 0.1) is 18.8 Å². The Balaban J connectivity index is 1.59. The average Bonchev–Trinajstić information content (AvgIpc) is 2.90. The van der Waals surface area contributed by atoms with Crippen LogP contribution in [-0.4, -0.2) is 61.7 Å². The summed E-state index contributed by atoms with van der Waals surface area (Å²) in [4.78, 5) is 32.1. The molecular weight excluding hydrogens is 369 g/mol. The second kappa shape index (κ2) is 7.33. The number of carbonyl (C=O) groups is 2. The van der Waals surface area contributed by atoms with E-state index in [4.69, 9.17) is 0 Å². The van der Waals surface area contributed by atoms with E-state index in [0.29, 0.717) is 25.2 Å². The number of hydrogen-bond acceptors (Lipinski definition) is 5. The van der Waals surface area contributed by atoms with Gasteiger partial charge in [0.1, 0.15) is 18.9 Å². The zero-order valence-electron chi connectivity index (χ0n) is 14.3. The van der Waals surface area contributed by atoms with Crippen molar-refractivity contribution in [3.8, 4) is 5.75 Å². The van der Waals surface area contributed by atoms with Crippen LogP contribution < -0.4 is 15.0 Å². The minimum absolute atomic E-state index is 0.273. The summed E-state index contributed by atoms with van der Waals surface area (Å²) >= 11 is 0. The smallest absolute Gasteiger partial charge is 0.406 e. The molecule has 2 fully saturated rings. The summed E-state index contributed by atoms with van der Waals surface area (Å²) < 4.78 is 40.9. The molecule has 2 saturated heterocycles. The van der Waals surface area contributed by atoms with Crippen LogP contribution in [0, 0.1) is 0 Å². The largest absolute Gasteiger partial charge is 0.573 e. The molecular formula is C16H17F3N4O4. The molecule has 0 spiro atoms. The SMILES string of the molecule is CON=C1CN(C(=O)NC2CCN(c3cccc(OC(F)(F)F)c3)C2=O)C1. The summed E-state index contributed by atoms with van der Waals surface area (Å²) in [7, 11) is 1.41. The van der Waals surface area contributed by atoms with Crippen molar-refractivity contribution in [1.82, 2.24) is 10.2 Å². The van der Waals surface area contributed by atoms with Gasteiger partial charge in [0, 0.05) is 18.3 Å². The van der Waals surface area contributed by atoms with Gasteiger partial charge in [0.2, 0.25) is 5.91 Å². The van der Waals surface area contributed by atoms with E-state index >= 15 is 0 Å². The first kappa shape index (κ1) is 18.8.